The lowest BCUT2D eigenvalue weighted by Crippen LogP contribution is -2.01. The molecular weight excluding hydrogens is 306 g/mol. The Morgan fingerprint density at radius 2 is 2.00 bits per heavy atom. The maximum Gasteiger partial charge on any atom is 0.124 e. The van der Waals surface area contributed by atoms with Crippen molar-refractivity contribution < 1.29 is 9.84 Å². The van der Waals surface area contributed by atoms with Crippen LogP contribution in [-0.2, 0) is 6.54 Å². The lowest BCUT2D eigenvalue weighted by Gasteiger charge is -2.11. The molecule has 2 aromatic rings. The molecule has 2 aromatic carbocycles. The first-order valence-electron chi connectivity index (χ1n) is 5.96. The molecule has 0 amide bonds. The minimum atomic E-state index is 0.232. The van der Waals surface area contributed by atoms with Crippen molar-refractivity contribution >= 4 is 21.6 Å². The maximum atomic E-state index is 9.89. The number of phenols is 1. The number of rotatable bonds is 4. The van der Waals surface area contributed by atoms with Gasteiger partial charge in [0.2, 0.25) is 0 Å². The minimum absolute atomic E-state index is 0.232. The summed E-state index contributed by atoms with van der Waals surface area (Å²) in [5.74, 6) is 0.883. The van der Waals surface area contributed by atoms with Crippen LogP contribution in [0.2, 0.25) is 0 Å². The molecule has 19 heavy (non-hydrogen) atoms. The van der Waals surface area contributed by atoms with E-state index in [9.17, 15) is 5.11 Å². The van der Waals surface area contributed by atoms with E-state index in [-0.39, 0.29) is 5.75 Å². The number of methoxy groups -OCH3 is 1. The molecule has 0 aromatic heterocycles. The highest BCUT2D eigenvalue weighted by molar-refractivity contribution is 9.10. The van der Waals surface area contributed by atoms with Crippen molar-refractivity contribution in [2.45, 2.75) is 13.5 Å². The number of ether oxygens (including phenoxy) is 1. The van der Waals surface area contributed by atoms with Gasteiger partial charge >= 0.3 is 0 Å². The Kier molecular flexibility index (Phi) is 4.32. The quantitative estimate of drug-likeness (QED) is 0.891. The molecule has 2 N–H and O–H groups in total. The first kappa shape index (κ1) is 13.7. The molecular formula is C15H16BrNO2. The molecule has 0 aliphatic carbocycles. The van der Waals surface area contributed by atoms with Gasteiger partial charge < -0.3 is 15.2 Å². The summed E-state index contributed by atoms with van der Waals surface area (Å²) in [5, 5.41) is 13.2. The Morgan fingerprint density at radius 3 is 2.68 bits per heavy atom. The molecule has 0 spiro atoms. The molecule has 0 bridgehead atoms. The van der Waals surface area contributed by atoms with Crippen molar-refractivity contribution in [1.29, 1.82) is 0 Å². The summed E-state index contributed by atoms with van der Waals surface area (Å²) in [6, 6.07) is 11.4. The van der Waals surface area contributed by atoms with Gasteiger partial charge in [-0.3, -0.25) is 0 Å². The van der Waals surface area contributed by atoms with Crippen LogP contribution >= 0.6 is 15.9 Å². The number of halogens is 1. The van der Waals surface area contributed by atoms with Crippen molar-refractivity contribution in [1.82, 2.24) is 0 Å². The number of benzene rings is 2. The standard InChI is InChI=1S/C15H16BrNO2/c1-10-3-6-13(16)14(7-10)17-9-11-4-5-12(19-2)8-15(11)18/h3-8,17-18H,9H2,1-2H3. The third kappa shape index (κ3) is 3.41. The fourth-order valence-corrected chi connectivity index (χ4v) is 2.17. The van der Waals surface area contributed by atoms with Crippen LogP contribution in [0.5, 0.6) is 11.5 Å². The van der Waals surface area contributed by atoms with E-state index < -0.39 is 0 Å². The van der Waals surface area contributed by atoms with Crippen molar-refractivity contribution in [3.63, 3.8) is 0 Å². The largest absolute Gasteiger partial charge is 0.507 e. The van der Waals surface area contributed by atoms with Gasteiger partial charge in [-0.2, -0.15) is 0 Å². The molecule has 0 saturated heterocycles. The first-order valence-corrected chi connectivity index (χ1v) is 6.75. The van der Waals surface area contributed by atoms with Gasteiger partial charge in [-0.05, 0) is 52.7 Å². The van der Waals surface area contributed by atoms with Gasteiger partial charge in [-0.25, -0.2) is 0 Å². The van der Waals surface area contributed by atoms with Gasteiger partial charge in [-0.1, -0.05) is 6.07 Å². The zero-order chi connectivity index (χ0) is 13.8. The highest BCUT2D eigenvalue weighted by Crippen LogP contribution is 2.27. The Labute approximate surface area is 121 Å². The van der Waals surface area contributed by atoms with E-state index in [4.69, 9.17) is 4.74 Å². The topological polar surface area (TPSA) is 41.5 Å². The molecule has 4 heteroatoms. The summed E-state index contributed by atoms with van der Waals surface area (Å²) in [4.78, 5) is 0. The second kappa shape index (κ2) is 5.97. The van der Waals surface area contributed by atoms with Gasteiger partial charge in [0.25, 0.3) is 0 Å². The predicted molar refractivity (Wildman–Crippen MR) is 80.9 cm³/mol. The second-order valence-corrected chi connectivity index (χ2v) is 5.19. The Balaban J connectivity index is 2.12. The molecule has 2 rings (SSSR count). The van der Waals surface area contributed by atoms with E-state index in [1.807, 2.05) is 31.2 Å². The average Bonchev–Trinajstić information content (AvgIpc) is 2.40. The Morgan fingerprint density at radius 1 is 1.21 bits per heavy atom. The van der Waals surface area contributed by atoms with Crippen molar-refractivity contribution in [2.24, 2.45) is 0 Å². The van der Waals surface area contributed by atoms with Gasteiger partial charge in [0, 0.05) is 28.3 Å². The zero-order valence-electron chi connectivity index (χ0n) is 10.9. The highest BCUT2D eigenvalue weighted by atomic mass is 79.9. The summed E-state index contributed by atoms with van der Waals surface area (Å²) in [5.41, 5.74) is 3.02. The first-order chi connectivity index (χ1) is 9.10. The van der Waals surface area contributed by atoms with E-state index in [0.29, 0.717) is 12.3 Å². The lowest BCUT2D eigenvalue weighted by atomic mass is 10.1. The van der Waals surface area contributed by atoms with E-state index in [2.05, 4.69) is 27.3 Å². The molecule has 0 unspecified atom stereocenters. The second-order valence-electron chi connectivity index (χ2n) is 4.33. The lowest BCUT2D eigenvalue weighted by molar-refractivity contribution is 0.406. The van der Waals surface area contributed by atoms with Gasteiger partial charge in [0.1, 0.15) is 11.5 Å². The number of hydrogen-bond donors (Lipinski definition) is 2. The van der Waals surface area contributed by atoms with Gasteiger partial charge in [0.05, 0.1) is 7.11 Å². The minimum Gasteiger partial charge on any atom is -0.507 e. The maximum absolute atomic E-state index is 9.89. The van der Waals surface area contributed by atoms with Crippen LogP contribution in [0.4, 0.5) is 5.69 Å². The van der Waals surface area contributed by atoms with E-state index in [0.717, 1.165) is 15.7 Å². The van der Waals surface area contributed by atoms with E-state index in [1.54, 1.807) is 13.2 Å². The number of nitrogens with one attached hydrogen (secondary N) is 1. The van der Waals surface area contributed by atoms with Crippen LogP contribution in [0.3, 0.4) is 0 Å². The smallest absolute Gasteiger partial charge is 0.124 e. The van der Waals surface area contributed by atoms with Crippen LogP contribution in [0.1, 0.15) is 11.1 Å². The van der Waals surface area contributed by atoms with Crippen LogP contribution in [0.25, 0.3) is 0 Å². The fraction of sp³-hybridized carbons (Fsp3) is 0.200. The zero-order valence-corrected chi connectivity index (χ0v) is 12.5. The third-order valence-corrected chi connectivity index (χ3v) is 3.58. The Bertz CT molecular complexity index is 584. The molecule has 0 fully saturated rings. The molecule has 0 radical (unpaired) electrons. The molecule has 0 atom stereocenters. The molecule has 0 heterocycles. The summed E-state index contributed by atoms with van der Waals surface area (Å²) in [7, 11) is 1.58. The number of anilines is 1. The van der Waals surface area contributed by atoms with Crippen LogP contribution in [0, 0.1) is 6.92 Å². The van der Waals surface area contributed by atoms with E-state index >= 15 is 0 Å². The van der Waals surface area contributed by atoms with Crippen LogP contribution < -0.4 is 10.1 Å². The summed E-state index contributed by atoms with van der Waals surface area (Å²) < 4.78 is 6.07. The van der Waals surface area contributed by atoms with Crippen molar-refractivity contribution in [2.75, 3.05) is 12.4 Å². The van der Waals surface area contributed by atoms with Crippen LogP contribution in [-0.4, -0.2) is 12.2 Å². The monoisotopic (exact) mass is 321 g/mol. The SMILES string of the molecule is COc1ccc(CNc2cc(C)ccc2Br)c(O)c1. The number of phenolic OH excluding ortho intramolecular Hbond substituents is 1. The fourth-order valence-electron chi connectivity index (χ4n) is 1.79. The summed E-state index contributed by atoms with van der Waals surface area (Å²) in [6.45, 7) is 2.60. The van der Waals surface area contributed by atoms with Crippen molar-refractivity contribution in [3.8, 4) is 11.5 Å². The number of hydrogen-bond acceptors (Lipinski definition) is 3. The van der Waals surface area contributed by atoms with Crippen molar-refractivity contribution in [3.05, 3.63) is 52.0 Å². The van der Waals surface area contributed by atoms with Gasteiger partial charge in [0.15, 0.2) is 0 Å². The average molecular weight is 322 g/mol. The number of aryl methyl sites for hydroxylation is 1. The molecule has 0 aliphatic heterocycles. The highest BCUT2D eigenvalue weighted by Gasteiger charge is 2.05. The third-order valence-electron chi connectivity index (χ3n) is 2.88. The molecule has 100 valence electrons. The van der Waals surface area contributed by atoms with Crippen LogP contribution in [0.15, 0.2) is 40.9 Å². The summed E-state index contributed by atoms with van der Waals surface area (Å²) >= 11 is 3.50. The van der Waals surface area contributed by atoms with E-state index in [1.165, 1.54) is 5.56 Å². The Hall–Kier alpha value is -1.68. The predicted octanol–water partition coefficient (Wildman–Crippen LogP) is 4.08. The van der Waals surface area contributed by atoms with Gasteiger partial charge in [-0.15, -0.1) is 0 Å². The molecule has 0 aliphatic rings. The summed E-state index contributed by atoms with van der Waals surface area (Å²) in [6.07, 6.45) is 0. The molecule has 3 nitrogen and oxygen atoms in total. The normalized spacial score (nSPS) is 10.3. The number of aromatic hydroxyl groups is 1. The molecule has 0 saturated carbocycles.